The standard InChI is InChI=1S/C19H24N4O6S/c1-12(2)29-15-5-3-13(4-6-15)18(25)20-21-19(26)16-7-8-17(24)23(22-16)14-9-10-30(27,28)11-14/h3-6,12,14H,7-11H2,1-2H3,(H,20,25)(H,21,26). The number of hydrogen-bond acceptors (Lipinski definition) is 7. The van der Waals surface area contributed by atoms with E-state index in [0.29, 0.717) is 17.7 Å². The number of benzene rings is 1. The molecule has 1 fully saturated rings. The van der Waals surface area contributed by atoms with E-state index in [0.717, 1.165) is 5.01 Å². The lowest BCUT2D eigenvalue weighted by atomic mass is 10.1. The topological polar surface area (TPSA) is 134 Å². The Morgan fingerprint density at radius 1 is 1.13 bits per heavy atom. The summed E-state index contributed by atoms with van der Waals surface area (Å²) in [4.78, 5) is 36.7. The van der Waals surface area contributed by atoms with Crippen molar-refractivity contribution in [1.82, 2.24) is 15.9 Å². The number of nitrogens with one attached hydrogen (secondary N) is 2. The summed E-state index contributed by atoms with van der Waals surface area (Å²) in [6, 6.07) is 5.88. The van der Waals surface area contributed by atoms with Crippen LogP contribution in [-0.2, 0) is 19.4 Å². The normalized spacial score (nSPS) is 20.6. The van der Waals surface area contributed by atoms with Gasteiger partial charge in [0.1, 0.15) is 11.5 Å². The lowest BCUT2D eigenvalue weighted by molar-refractivity contribution is -0.133. The molecule has 1 unspecified atom stereocenters. The number of hydrazine groups is 1. The van der Waals surface area contributed by atoms with Crippen molar-refractivity contribution < 1.29 is 27.5 Å². The van der Waals surface area contributed by atoms with Gasteiger partial charge in [-0.1, -0.05) is 0 Å². The van der Waals surface area contributed by atoms with Crippen molar-refractivity contribution in [2.45, 2.75) is 45.3 Å². The molecular formula is C19H24N4O6S. The van der Waals surface area contributed by atoms with Crippen molar-refractivity contribution in [1.29, 1.82) is 0 Å². The third-order valence-electron chi connectivity index (χ3n) is 4.65. The summed E-state index contributed by atoms with van der Waals surface area (Å²) < 4.78 is 28.9. The molecule has 1 aromatic rings. The molecule has 2 N–H and O–H groups in total. The molecule has 2 heterocycles. The van der Waals surface area contributed by atoms with Crippen LogP contribution in [0.1, 0.15) is 43.5 Å². The minimum absolute atomic E-state index is 0.00441. The van der Waals surface area contributed by atoms with E-state index >= 15 is 0 Å². The number of carbonyl (C=O) groups excluding carboxylic acids is 3. The largest absolute Gasteiger partial charge is 0.491 e. The first-order chi connectivity index (χ1) is 14.1. The minimum atomic E-state index is -3.20. The average molecular weight is 436 g/mol. The van der Waals surface area contributed by atoms with Gasteiger partial charge in [0.05, 0.1) is 23.7 Å². The van der Waals surface area contributed by atoms with E-state index in [4.69, 9.17) is 4.74 Å². The molecule has 3 amide bonds. The van der Waals surface area contributed by atoms with Crippen LogP contribution < -0.4 is 15.6 Å². The lowest BCUT2D eigenvalue weighted by Crippen LogP contribution is -2.48. The maximum absolute atomic E-state index is 12.4. The van der Waals surface area contributed by atoms with Crippen LogP contribution in [0.2, 0.25) is 0 Å². The molecule has 2 aliphatic rings. The van der Waals surface area contributed by atoms with Crippen LogP contribution in [-0.4, -0.2) is 60.5 Å². The zero-order chi connectivity index (χ0) is 21.9. The fourth-order valence-corrected chi connectivity index (χ4v) is 4.90. The second-order valence-corrected chi connectivity index (χ2v) is 9.67. The Hall–Kier alpha value is -2.95. The molecule has 2 aliphatic heterocycles. The van der Waals surface area contributed by atoms with Gasteiger partial charge in [0.15, 0.2) is 9.84 Å². The van der Waals surface area contributed by atoms with Crippen LogP contribution in [0, 0.1) is 0 Å². The van der Waals surface area contributed by atoms with Crippen molar-refractivity contribution in [2.24, 2.45) is 5.10 Å². The summed E-state index contributed by atoms with van der Waals surface area (Å²) in [5, 5.41) is 5.15. The highest BCUT2D eigenvalue weighted by Gasteiger charge is 2.37. The summed E-state index contributed by atoms with van der Waals surface area (Å²) in [6.45, 7) is 3.79. The predicted molar refractivity (Wildman–Crippen MR) is 108 cm³/mol. The number of carbonyl (C=O) groups is 3. The highest BCUT2D eigenvalue weighted by Crippen LogP contribution is 2.22. The molecule has 0 spiro atoms. The van der Waals surface area contributed by atoms with E-state index in [1.165, 1.54) is 0 Å². The zero-order valence-corrected chi connectivity index (χ0v) is 17.6. The van der Waals surface area contributed by atoms with E-state index < -0.39 is 27.7 Å². The average Bonchev–Trinajstić information content (AvgIpc) is 3.06. The highest BCUT2D eigenvalue weighted by atomic mass is 32.2. The zero-order valence-electron chi connectivity index (χ0n) is 16.8. The van der Waals surface area contributed by atoms with Gasteiger partial charge in [-0.15, -0.1) is 0 Å². The molecule has 11 heteroatoms. The first-order valence-corrected chi connectivity index (χ1v) is 11.4. The van der Waals surface area contributed by atoms with Gasteiger partial charge in [-0.2, -0.15) is 5.10 Å². The molecule has 0 aliphatic carbocycles. The molecule has 162 valence electrons. The first kappa shape index (κ1) is 21.8. The molecule has 1 atom stereocenters. The van der Waals surface area contributed by atoms with Gasteiger partial charge in [-0.3, -0.25) is 25.2 Å². The monoisotopic (exact) mass is 436 g/mol. The smallest absolute Gasteiger partial charge is 0.285 e. The fraction of sp³-hybridized carbons (Fsp3) is 0.474. The summed E-state index contributed by atoms with van der Waals surface area (Å²) in [5.74, 6) is -1.03. The number of hydrogen-bond donors (Lipinski definition) is 2. The summed E-state index contributed by atoms with van der Waals surface area (Å²) in [6.07, 6.45) is 0.460. The third kappa shape index (κ3) is 5.35. The molecule has 0 radical (unpaired) electrons. The molecule has 0 saturated carbocycles. The summed E-state index contributed by atoms with van der Waals surface area (Å²) >= 11 is 0. The predicted octanol–water partition coefficient (Wildman–Crippen LogP) is 0.400. The SMILES string of the molecule is CC(C)Oc1ccc(C(=O)NNC(=O)C2=NN(C3CCS(=O)(=O)C3)C(=O)CC2)cc1. The number of ether oxygens (including phenoxy) is 1. The molecule has 0 bridgehead atoms. The van der Waals surface area contributed by atoms with Crippen molar-refractivity contribution in [3.63, 3.8) is 0 Å². The molecule has 1 aromatic carbocycles. The maximum Gasteiger partial charge on any atom is 0.285 e. The van der Waals surface area contributed by atoms with E-state index in [2.05, 4.69) is 16.0 Å². The third-order valence-corrected chi connectivity index (χ3v) is 6.40. The second kappa shape index (κ2) is 8.82. The van der Waals surface area contributed by atoms with Gasteiger partial charge in [-0.25, -0.2) is 13.4 Å². The maximum atomic E-state index is 12.4. The van der Waals surface area contributed by atoms with E-state index in [1.54, 1.807) is 24.3 Å². The highest BCUT2D eigenvalue weighted by molar-refractivity contribution is 7.91. The van der Waals surface area contributed by atoms with Crippen molar-refractivity contribution in [3.05, 3.63) is 29.8 Å². The summed E-state index contributed by atoms with van der Waals surface area (Å²) in [5.41, 5.74) is 4.97. The number of amides is 3. The van der Waals surface area contributed by atoms with E-state index in [-0.39, 0.29) is 42.1 Å². The molecule has 3 rings (SSSR count). The van der Waals surface area contributed by atoms with Crippen LogP contribution in [0.3, 0.4) is 0 Å². The molecule has 1 saturated heterocycles. The second-order valence-electron chi connectivity index (χ2n) is 7.44. The number of rotatable bonds is 5. The van der Waals surface area contributed by atoms with Crippen molar-refractivity contribution in [2.75, 3.05) is 11.5 Å². The molecular weight excluding hydrogens is 412 g/mol. The van der Waals surface area contributed by atoms with Crippen LogP contribution in [0.5, 0.6) is 5.75 Å². The van der Waals surface area contributed by atoms with Crippen molar-refractivity contribution in [3.8, 4) is 5.75 Å². The Kier molecular flexibility index (Phi) is 6.40. The van der Waals surface area contributed by atoms with E-state index in [9.17, 15) is 22.8 Å². The van der Waals surface area contributed by atoms with Crippen LogP contribution in [0.4, 0.5) is 0 Å². The fourth-order valence-electron chi connectivity index (χ4n) is 3.20. The van der Waals surface area contributed by atoms with Crippen molar-refractivity contribution >= 4 is 33.3 Å². The Bertz CT molecular complexity index is 971. The van der Waals surface area contributed by atoms with Crippen LogP contribution in [0.15, 0.2) is 29.4 Å². The number of nitrogens with zero attached hydrogens (tertiary/aromatic N) is 2. The Labute approximate surface area is 174 Å². The van der Waals surface area contributed by atoms with E-state index in [1.807, 2.05) is 13.8 Å². The van der Waals surface area contributed by atoms with Crippen LogP contribution in [0.25, 0.3) is 0 Å². The molecule has 30 heavy (non-hydrogen) atoms. The quantitative estimate of drug-likeness (QED) is 0.642. The lowest BCUT2D eigenvalue weighted by Gasteiger charge is -2.27. The Morgan fingerprint density at radius 3 is 2.40 bits per heavy atom. The first-order valence-electron chi connectivity index (χ1n) is 9.62. The Morgan fingerprint density at radius 2 is 1.80 bits per heavy atom. The molecule has 0 aromatic heterocycles. The van der Waals surface area contributed by atoms with Gasteiger partial charge < -0.3 is 4.74 Å². The minimum Gasteiger partial charge on any atom is -0.491 e. The number of hydrazone groups is 1. The van der Waals surface area contributed by atoms with Gasteiger partial charge in [0.25, 0.3) is 11.8 Å². The molecule has 10 nitrogen and oxygen atoms in total. The Balaban J connectivity index is 1.59. The summed E-state index contributed by atoms with van der Waals surface area (Å²) in [7, 11) is -3.20. The van der Waals surface area contributed by atoms with Gasteiger partial charge in [0, 0.05) is 18.4 Å². The van der Waals surface area contributed by atoms with Gasteiger partial charge in [-0.05, 0) is 44.5 Å². The van der Waals surface area contributed by atoms with Gasteiger partial charge in [0.2, 0.25) is 5.91 Å². The van der Waals surface area contributed by atoms with Gasteiger partial charge >= 0.3 is 0 Å². The van der Waals surface area contributed by atoms with Crippen LogP contribution >= 0.6 is 0 Å². The number of sulfone groups is 1.